The van der Waals surface area contributed by atoms with Gasteiger partial charge in [-0.15, -0.1) is 0 Å². The third-order valence-electron chi connectivity index (χ3n) is 6.41. The summed E-state index contributed by atoms with van der Waals surface area (Å²) in [5.74, 6) is 0.603. The summed E-state index contributed by atoms with van der Waals surface area (Å²) in [7, 11) is 0. The van der Waals surface area contributed by atoms with Crippen LogP contribution in [0.1, 0.15) is 37.7 Å². The quantitative estimate of drug-likeness (QED) is 0.814. The van der Waals surface area contributed by atoms with Gasteiger partial charge < -0.3 is 14.5 Å². The molecule has 2 amide bonds. The van der Waals surface area contributed by atoms with E-state index in [9.17, 15) is 9.59 Å². The van der Waals surface area contributed by atoms with Crippen molar-refractivity contribution in [2.45, 2.75) is 38.5 Å². The van der Waals surface area contributed by atoms with Crippen molar-refractivity contribution in [3.63, 3.8) is 0 Å². The first kappa shape index (κ1) is 18.4. The molecule has 3 saturated heterocycles. The maximum atomic E-state index is 12.9. The van der Waals surface area contributed by atoms with Gasteiger partial charge in [-0.3, -0.25) is 14.6 Å². The third kappa shape index (κ3) is 4.15. The molecule has 1 aromatic rings. The number of pyridine rings is 1. The number of piperidine rings is 1. The van der Waals surface area contributed by atoms with Gasteiger partial charge in [0.15, 0.2) is 0 Å². The number of aromatic nitrogens is 1. The molecule has 3 aliphatic rings. The molecule has 0 aliphatic carbocycles. The Labute approximate surface area is 160 Å². The second-order valence-electron chi connectivity index (χ2n) is 8.35. The number of hydrogen-bond acceptors (Lipinski definition) is 4. The van der Waals surface area contributed by atoms with Gasteiger partial charge in [-0.1, -0.05) is 6.07 Å². The fraction of sp³-hybridized carbons (Fsp3) is 0.667. The molecule has 3 aliphatic heterocycles. The molecule has 0 saturated carbocycles. The summed E-state index contributed by atoms with van der Waals surface area (Å²) >= 11 is 0. The predicted octanol–water partition coefficient (Wildman–Crippen LogP) is 1.89. The van der Waals surface area contributed by atoms with Crippen LogP contribution in [0.15, 0.2) is 24.5 Å². The molecule has 0 N–H and O–H groups in total. The lowest BCUT2D eigenvalue weighted by atomic mass is 9.79. The highest BCUT2D eigenvalue weighted by molar-refractivity contribution is 5.80. The monoisotopic (exact) mass is 371 g/mol. The average molecular weight is 371 g/mol. The second kappa shape index (κ2) is 7.97. The largest absolute Gasteiger partial charge is 0.381 e. The normalized spacial score (nSPS) is 26.5. The zero-order valence-electron chi connectivity index (χ0n) is 15.9. The van der Waals surface area contributed by atoms with E-state index < -0.39 is 0 Å². The maximum absolute atomic E-state index is 12.9. The number of ether oxygens (including phenoxy) is 1. The van der Waals surface area contributed by atoms with Crippen molar-refractivity contribution in [2.75, 3.05) is 39.4 Å². The van der Waals surface area contributed by atoms with Crippen LogP contribution in [-0.4, -0.2) is 66.0 Å². The Hall–Kier alpha value is -1.95. The molecule has 1 atom stereocenters. The number of carbonyl (C=O) groups is 2. The van der Waals surface area contributed by atoms with Gasteiger partial charge in [0, 0.05) is 63.1 Å². The zero-order valence-corrected chi connectivity index (χ0v) is 15.9. The van der Waals surface area contributed by atoms with Crippen molar-refractivity contribution in [3.8, 4) is 0 Å². The number of rotatable bonds is 3. The van der Waals surface area contributed by atoms with Gasteiger partial charge in [-0.2, -0.15) is 0 Å². The highest BCUT2D eigenvalue weighted by Gasteiger charge is 2.44. The molecule has 6 heteroatoms. The van der Waals surface area contributed by atoms with E-state index in [-0.39, 0.29) is 17.2 Å². The van der Waals surface area contributed by atoms with Crippen molar-refractivity contribution in [2.24, 2.45) is 11.3 Å². The lowest BCUT2D eigenvalue weighted by Gasteiger charge is -2.40. The Morgan fingerprint density at radius 1 is 1.15 bits per heavy atom. The lowest BCUT2D eigenvalue weighted by molar-refractivity contribution is -0.138. The van der Waals surface area contributed by atoms with E-state index in [1.807, 2.05) is 17.0 Å². The molecule has 0 unspecified atom stereocenters. The highest BCUT2D eigenvalue weighted by Crippen LogP contribution is 2.40. The van der Waals surface area contributed by atoms with Gasteiger partial charge in [0.2, 0.25) is 11.8 Å². The Bertz CT molecular complexity index is 675. The van der Waals surface area contributed by atoms with Gasteiger partial charge >= 0.3 is 0 Å². The van der Waals surface area contributed by atoms with E-state index in [0.717, 1.165) is 63.8 Å². The van der Waals surface area contributed by atoms with Crippen LogP contribution in [0.2, 0.25) is 0 Å². The summed E-state index contributed by atoms with van der Waals surface area (Å²) in [5.41, 5.74) is 1.05. The van der Waals surface area contributed by atoms with Crippen LogP contribution in [0, 0.1) is 11.3 Å². The minimum atomic E-state index is 0.0870. The van der Waals surface area contributed by atoms with Gasteiger partial charge in [0.1, 0.15) is 0 Å². The van der Waals surface area contributed by atoms with Crippen LogP contribution < -0.4 is 0 Å². The minimum Gasteiger partial charge on any atom is -0.381 e. The molecular formula is C21H29N3O3. The standard InChI is InChI=1S/C21H29N3O3/c25-19(13-17-3-1-8-22-14-17)23-9-2-6-21(15-23)7-10-24(16-21)20(26)18-4-11-27-12-5-18/h1,3,8,14,18H,2,4-7,9-13,15-16H2/t21-/m1/s1. The molecule has 4 rings (SSSR count). The Kier molecular flexibility index (Phi) is 5.43. The Morgan fingerprint density at radius 2 is 1.96 bits per heavy atom. The average Bonchev–Trinajstić information content (AvgIpc) is 3.12. The lowest BCUT2D eigenvalue weighted by Crippen LogP contribution is -2.48. The number of carbonyl (C=O) groups excluding carboxylic acids is 2. The zero-order chi connectivity index (χ0) is 18.7. The summed E-state index contributed by atoms with van der Waals surface area (Å²) in [4.78, 5) is 33.8. The van der Waals surface area contributed by atoms with E-state index in [1.165, 1.54) is 0 Å². The van der Waals surface area contributed by atoms with Crippen molar-refractivity contribution < 1.29 is 14.3 Å². The van der Waals surface area contributed by atoms with Gasteiger partial charge in [0.05, 0.1) is 6.42 Å². The summed E-state index contributed by atoms with van der Waals surface area (Å²) < 4.78 is 5.39. The number of nitrogens with zero attached hydrogens (tertiary/aromatic N) is 3. The minimum absolute atomic E-state index is 0.0870. The molecule has 0 radical (unpaired) electrons. The van der Waals surface area contributed by atoms with Crippen molar-refractivity contribution in [3.05, 3.63) is 30.1 Å². The molecule has 146 valence electrons. The molecule has 3 fully saturated rings. The molecule has 1 spiro atoms. The third-order valence-corrected chi connectivity index (χ3v) is 6.41. The van der Waals surface area contributed by atoms with Gasteiger partial charge in [-0.25, -0.2) is 0 Å². The summed E-state index contributed by atoms with van der Waals surface area (Å²) in [6, 6.07) is 3.82. The Morgan fingerprint density at radius 3 is 2.74 bits per heavy atom. The topological polar surface area (TPSA) is 62.7 Å². The van der Waals surface area contributed by atoms with E-state index in [1.54, 1.807) is 12.4 Å². The van der Waals surface area contributed by atoms with Crippen LogP contribution in [-0.2, 0) is 20.7 Å². The smallest absolute Gasteiger partial charge is 0.227 e. The molecular weight excluding hydrogens is 342 g/mol. The molecule has 27 heavy (non-hydrogen) atoms. The fourth-order valence-corrected chi connectivity index (χ4v) is 4.87. The Balaban J connectivity index is 1.36. The van der Waals surface area contributed by atoms with E-state index >= 15 is 0 Å². The maximum Gasteiger partial charge on any atom is 0.227 e. The predicted molar refractivity (Wildman–Crippen MR) is 101 cm³/mol. The highest BCUT2D eigenvalue weighted by atomic mass is 16.5. The second-order valence-corrected chi connectivity index (χ2v) is 8.35. The first-order valence-corrected chi connectivity index (χ1v) is 10.2. The van der Waals surface area contributed by atoms with E-state index in [2.05, 4.69) is 9.88 Å². The number of hydrogen-bond donors (Lipinski definition) is 0. The first-order valence-electron chi connectivity index (χ1n) is 10.2. The van der Waals surface area contributed by atoms with Crippen LogP contribution in [0.25, 0.3) is 0 Å². The van der Waals surface area contributed by atoms with E-state index in [0.29, 0.717) is 25.5 Å². The van der Waals surface area contributed by atoms with Crippen molar-refractivity contribution in [1.82, 2.24) is 14.8 Å². The fourth-order valence-electron chi connectivity index (χ4n) is 4.87. The summed E-state index contributed by atoms with van der Waals surface area (Å²) in [6.07, 6.45) is 8.75. The van der Waals surface area contributed by atoms with Crippen LogP contribution in [0.3, 0.4) is 0 Å². The van der Waals surface area contributed by atoms with Crippen LogP contribution in [0.4, 0.5) is 0 Å². The summed E-state index contributed by atoms with van der Waals surface area (Å²) in [6.45, 7) is 4.65. The first-order chi connectivity index (χ1) is 13.2. The number of amides is 2. The SMILES string of the molecule is O=C(Cc1cccnc1)N1CCC[C@@]2(CCN(C(=O)C3CCOCC3)C2)C1. The van der Waals surface area contributed by atoms with Gasteiger partial charge in [-0.05, 0) is 43.7 Å². The van der Waals surface area contributed by atoms with Crippen LogP contribution >= 0.6 is 0 Å². The van der Waals surface area contributed by atoms with Gasteiger partial charge in [0.25, 0.3) is 0 Å². The molecule has 0 bridgehead atoms. The van der Waals surface area contributed by atoms with Crippen molar-refractivity contribution >= 4 is 11.8 Å². The van der Waals surface area contributed by atoms with E-state index in [4.69, 9.17) is 4.74 Å². The van der Waals surface area contributed by atoms with Crippen molar-refractivity contribution in [1.29, 1.82) is 0 Å². The molecule has 0 aromatic carbocycles. The molecule has 1 aromatic heterocycles. The summed E-state index contributed by atoms with van der Waals surface area (Å²) in [5, 5.41) is 0. The number of likely N-dealkylation sites (tertiary alicyclic amines) is 2. The molecule has 6 nitrogen and oxygen atoms in total. The van der Waals surface area contributed by atoms with Crippen LogP contribution in [0.5, 0.6) is 0 Å². The molecule has 4 heterocycles.